The fourth-order valence-corrected chi connectivity index (χ4v) is 3.25. The minimum absolute atomic E-state index is 0.0448. The van der Waals surface area contributed by atoms with E-state index in [0.717, 1.165) is 0 Å². The number of aliphatic hydroxyl groups excluding tert-OH is 1. The van der Waals surface area contributed by atoms with Crippen LogP contribution in [0.3, 0.4) is 0 Å². The van der Waals surface area contributed by atoms with Gasteiger partial charge < -0.3 is 9.84 Å². The van der Waals surface area contributed by atoms with E-state index in [0.29, 0.717) is 5.56 Å². The van der Waals surface area contributed by atoms with Crippen LogP contribution < -0.4 is 9.46 Å². The Morgan fingerprint density at radius 1 is 1.43 bits per heavy atom. The predicted molar refractivity (Wildman–Crippen MR) is 81.1 cm³/mol. The molecule has 0 aliphatic heterocycles. The van der Waals surface area contributed by atoms with Gasteiger partial charge in [-0.15, -0.1) is 0 Å². The van der Waals surface area contributed by atoms with Crippen molar-refractivity contribution in [3.8, 4) is 17.6 Å². The third-order valence-corrected chi connectivity index (χ3v) is 4.71. The summed E-state index contributed by atoms with van der Waals surface area (Å²) in [5, 5.41) is 8.67. The Balaban J connectivity index is 3.10. The largest absolute Gasteiger partial charge is 0.495 e. The SMILES string of the molecule is COc1ccc(C#CCO)cc1S(=O)(=O)NCCS(C)=O. The molecule has 8 heteroatoms. The van der Waals surface area contributed by atoms with Crippen LogP contribution in [0.15, 0.2) is 23.1 Å². The summed E-state index contributed by atoms with van der Waals surface area (Å²) in [4.78, 5) is -0.0448. The Morgan fingerprint density at radius 3 is 2.71 bits per heavy atom. The van der Waals surface area contributed by atoms with E-state index in [2.05, 4.69) is 16.6 Å². The maximum atomic E-state index is 12.2. The lowest BCUT2D eigenvalue weighted by Gasteiger charge is -2.10. The molecule has 0 spiro atoms. The molecule has 0 aliphatic carbocycles. The molecule has 0 fully saturated rings. The van der Waals surface area contributed by atoms with Gasteiger partial charge in [-0.3, -0.25) is 4.21 Å². The van der Waals surface area contributed by atoms with Gasteiger partial charge in [-0.05, 0) is 18.2 Å². The number of nitrogens with one attached hydrogen (secondary N) is 1. The molecule has 0 heterocycles. The quantitative estimate of drug-likeness (QED) is 0.698. The first-order valence-corrected chi connectivity index (χ1v) is 9.19. The Labute approximate surface area is 127 Å². The van der Waals surface area contributed by atoms with Gasteiger partial charge >= 0.3 is 0 Å². The molecule has 0 bridgehead atoms. The second kappa shape index (κ2) is 8.14. The molecule has 6 nitrogen and oxygen atoms in total. The molecule has 2 N–H and O–H groups in total. The summed E-state index contributed by atoms with van der Waals surface area (Å²) in [6.07, 6.45) is 1.50. The molecule has 1 atom stereocenters. The van der Waals surface area contributed by atoms with E-state index < -0.39 is 20.8 Å². The van der Waals surface area contributed by atoms with Crippen LogP contribution in [0.25, 0.3) is 0 Å². The van der Waals surface area contributed by atoms with Crippen LogP contribution in [-0.2, 0) is 20.8 Å². The van der Waals surface area contributed by atoms with Crippen molar-refractivity contribution in [2.45, 2.75) is 4.90 Å². The maximum Gasteiger partial charge on any atom is 0.244 e. The lowest BCUT2D eigenvalue weighted by Crippen LogP contribution is -2.28. The Hall–Kier alpha value is -1.40. The van der Waals surface area contributed by atoms with Crippen molar-refractivity contribution in [1.82, 2.24) is 4.72 Å². The fourth-order valence-electron chi connectivity index (χ4n) is 1.50. The van der Waals surface area contributed by atoms with Gasteiger partial charge in [-0.1, -0.05) is 11.8 Å². The molecule has 1 unspecified atom stereocenters. The van der Waals surface area contributed by atoms with Crippen LogP contribution in [0.4, 0.5) is 0 Å². The van der Waals surface area contributed by atoms with Gasteiger partial charge in [0.1, 0.15) is 17.3 Å². The van der Waals surface area contributed by atoms with Crippen molar-refractivity contribution < 1.29 is 22.5 Å². The van der Waals surface area contributed by atoms with Crippen LogP contribution >= 0.6 is 0 Å². The zero-order valence-electron chi connectivity index (χ0n) is 11.8. The van der Waals surface area contributed by atoms with Crippen molar-refractivity contribution in [2.24, 2.45) is 0 Å². The van der Waals surface area contributed by atoms with E-state index in [1.54, 1.807) is 6.07 Å². The minimum Gasteiger partial charge on any atom is -0.495 e. The lowest BCUT2D eigenvalue weighted by molar-refractivity contribution is 0.350. The molecule has 21 heavy (non-hydrogen) atoms. The highest BCUT2D eigenvalue weighted by Gasteiger charge is 2.19. The highest BCUT2D eigenvalue weighted by Crippen LogP contribution is 2.24. The predicted octanol–water partition coefficient (Wildman–Crippen LogP) is -0.304. The van der Waals surface area contributed by atoms with Gasteiger partial charge in [-0.2, -0.15) is 0 Å². The van der Waals surface area contributed by atoms with Crippen LogP contribution in [0.5, 0.6) is 5.75 Å². The lowest BCUT2D eigenvalue weighted by atomic mass is 10.2. The van der Waals surface area contributed by atoms with Crippen LogP contribution in [0, 0.1) is 11.8 Å². The van der Waals surface area contributed by atoms with Gasteiger partial charge in [0.25, 0.3) is 0 Å². The number of hydrogen-bond donors (Lipinski definition) is 2. The van der Waals surface area contributed by atoms with Crippen molar-refractivity contribution in [3.05, 3.63) is 23.8 Å². The number of methoxy groups -OCH3 is 1. The molecule has 116 valence electrons. The highest BCUT2D eigenvalue weighted by atomic mass is 32.2. The first-order valence-electron chi connectivity index (χ1n) is 5.98. The molecule has 0 saturated heterocycles. The van der Waals surface area contributed by atoms with Crippen molar-refractivity contribution in [3.63, 3.8) is 0 Å². The van der Waals surface area contributed by atoms with E-state index in [9.17, 15) is 12.6 Å². The molecular weight excluding hydrogens is 314 g/mol. The average molecular weight is 331 g/mol. The third-order valence-electron chi connectivity index (χ3n) is 2.45. The summed E-state index contributed by atoms with van der Waals surface area (Å²) in [5.74, 6) is 5.50. The topological polar surface area (TPSA) is 92.7 Å². The second-order valence-electron chi connectivity index (χ2n) is 4.00. The van der Waals surface area contributed by atoms with Gasteiger partial charge in [0.2, 0.25) is 10.0 Å². The zero-order chi connectivity index (χ0) is 15.9. The van der Waals surface area contributed by atoms with Crippen LogP contribution in [0.2, 0.25) is 0 Å². The van der Waals surface area contributed by atoms with Gasteiger partial charge in [-0.25, -0.2) is 13.1 Å². The van der Waals surface area contributed by atoms with Crippen molar-refractivity contribution in [1.29, 1.82) is 0 Å². The molecular formula is C13H17NO5S2. The molecule has 0 aliphatic rings. The Kier molecular flexibility index (Phi) is 6.84. The monoisotopic (exact) mass is 331 g/mol. The summed E-state index contributed by atoms with van der Waals surface area (Å²) >= 11 is 0. The molecule has 1 aromatic rings. The molecule has 0 aromatic heterocycles. The van der Waals surface area contributed by atoms with Crippen LogP contribution in [0.1, 0.15) is 5.56 Å². The molecule has 0 radical (unpaired) electrons. The standard InChI is InChI=1S/C13H17NO5S2/c1-19-12-6-5-11(4-3-8-15)10-13(12)21(17,18)14-7-9-20(2)16/h5-6,10,14-15H,7-9H2,1-2H3. The Morgan fingerprint density at radius 2 is 2.14 bits per heavy atom. The van der Waals surface area contributed by atoms with E-state index in [1.165, 1.54) is 25.5 Å². The summed E-state index contributed by atoms with van der Waals surface area (Å²) in [6, 6.07) is 4.46. The molecule has 1 rings (SSSR count). The first kappa shape index (κ1) is 17.7. The van der Waals surface area contributed by atoms with E-state index in [4.69, 9.17) is 9.84 Å². The number of ether oxygens (including phenoxy) is 1. The molecule has 1 aromatic carbocycles. The fraction of sp³-hybridized carbons (Fsp3) is 0.385. The summed E-state index contributed by atoms with van der Waals surface area (Å²) in [6.45, 7) is -0.240. The van der Waals surface area contributed by atoms with E-state index >= 15 is 0 Å². The number of sulfonamides is 1. The number of hydrogen-bond acceptors (Lipinski definition) is 5. The summed E-state index contributed by atoms with van der Waals surface area (Å²) in [5.41, 5.74) is 0.448. The molecule has 0 amide bonds. The van der Waals surface area contributed by atoms with E-state index in [1.807, 2.05) is 0 Å². The zero-order valence-corrected chi connectivity index (χ0v) is 13.4. The summed E-state index contributed by atoms with van der Waals surface area (Å²) < 4.78 is 42.8. The van der Waals surface area contributed by atoms with Gasteiger partial charge in [0, 0.05) is 34.9 Å². The Bertz CT molecular complexity index is 674. The summed E-state index contributed by atoms with van der Waals surface area (Å²) in [7, 11) is -3.50. The van der Waals surface area contributed by atoms with Gasteiger partial charge in [0.05, 0.1) is 7.11 Å². The van der Waals surface area contributed by atoms with Crippen LogP contribution in [-0.4, -0.2) is 50.0 Å². The van der Waals surface area contributed by atoms with E-state index in [-0.39, 0.29) is 29.5 Å². The normalized spacial score (nSPS) is 12.3. The average Bonchev–Trinajstić information content (AvgIpc) is 2.44. The maximum absolute atomic E-state index is 12.2. The first-order chi connectivity index (χ1) is 9.90. The van der Waals surface area contributed by atoms with Crippen molar-refractivity contribution in [2.75, 3.05) is 32.3 Å². The third kappa shape index (κ3) is 5.47. The van der Waals surface area contributed by atoms with Gasteiger partial charge in [0.15, 0.2) is 0 Å². The minimum atomic E-state index is -3.79. The highest BCUT2D eigenvalue weighted by molar-refractivity contribution is 7.89. The molecule has 0 saturated carbocycles. The second-order valence-corrected chi connectivity index (χ2v) is 7.29. The number of aliphatic hydroxyl groups is 1. The number of benzene rings is 1. The number of rotatable bonds is 6. The van der Waals surface area contributed by atoms with Crippen molar-refractivity contribution >= 4 is 20.8 Å². The smallest absolute Gasteiger partial charge is 0.244 e.